The number of piperazine rings is 1. The van der Waals surface area contributed by atoms with E-state index >= 15 is 0 Å². The maximum Gasteiger partial charge on any atom is 0.224 e. The van der Waals surface area contributed by atoms with Gasteiger partial charge in [0.25, 0.3) is 0 Å². The van der Waals surface area contributed by atoms with Crippen molar-refractivity contribution in [1.82, 2.24) is 14.9 Å². The van der Waals surface area contributed by atoms with Crippen molar-refractivity contribution >= 4 is 23.1 Å². The lowest BCUT2D eigenvalue weighted by atomic mass is 9.99. The molecule has 1 fully saturated rings. The maximum atomic E-state index is 13.1. The summed E-state index contributed by atoms with van der Waals surface area (Å²) in [5.41, 5.74) is 0.823. The van der Waals surface area contributed by atoms with Crippen LogP contribution in [0.2, 0.25) is 5.28 Å². The Morgan fingerprint density at radius 1 is 1.27 bits per heavy atom. The van der Waals surface area contributed by atoms with E-state index in [0.717, 1.165) is 37.0 Å². The quantitative estimate of drug-likeness (QED) is 0.800. The van der Waals surface area contributed by atoms with E-state index in [0.29, 0.717) is 5.92 Å². The van der Waals surface area contributed by atoms with E-state index in [1.807, 2.05) is 6.07 Å². The first-order chi connectivity index (χ1) is 12.4. The smallest absolute Gasteiger partial charge is 0.224 e. The van der Waals surface area contributed by atoms with Gasteiger partial charge in [0.15, 0.2) is 0 Å². The Morgan fingerprint density at radius 3 is 2.65 bits per heavy atom. The second kappa shape index (κ2) is 7.91. The minimum atomic E-state index is -0.252. The molecule has 0 amide bonds. The fourth-order valence-corrected chi connectivity index (χ4v) is 3.34. The summed E-state index contributed by atoms with van der Waals surface area (Å²) in [5.74, 6) is 1.82. The molecule has 2 aromatic rings. The number of aromatic nitrogens is 2. The average Bonchev–Trinajstić information content (AvgIpc) is 2.63. The Balaban J connectivity index is 1.72. The molecule has 1 aliphatic rings. The van der Waals surface area contributed by atoms with Crippen LogP contribution in [0.25, 0.3) is 0 Å². The number of rotatable bonds is 5. The van der Waals surface area contributed by atoms with Crippen LogP contribution in [0, 0.1) is 11.7 Å². The summed E-state index contributed by atoms with van der Waals surface area (Å²) in [7, 11) is 0. The molecule has 1 saturated heterocycles. The molecule has 1 unspecified atom stereocenters. The van der Waals surface area contributed by atoms with Gasteiger partial charge in [-0.1, -0.05) is 20.4 Å². The van der Waals surface area contributed by atoms with Crippen LogP contribution in [0.4, 0.5) is 15.9 Å². The first-order valence-electron chi connectivity index (χ1n) is 8.65. The third-order valence-electron chi connectivity index (χ3n) is 4.60. The molecule has 0 radical (unpaired) electrons. The summed E-state index contributed by atoms with van der Waals surface area (Å²) in [6.45, 7) is 11.0. The van der Waals surface area contributed by atoms with Crippen molar-refractivity contribution < 1.29 is 4.39 Å². The normalized spacial score (nSPS) is 17.5. The third kappa shape index (κ3) is 4.25. The molecule has 138 valence electrons. The number of nitrogens with one attached hydrogen (secondary N) is 1. The molecule has 1 atom stereocenters. The zero-order valence-electron chi connectivity index (χ0n) is 15.0. The largest absolute Gasteiger partial charge is 0.353 e. The molecule has 1 N–H and O–H groups in total. The molecule has 0 bridgehead atoms. The van der Waals surface area contributed by atoms with Crippen LogP contribution in [0.5, 0.6) is 0 Å². The van der Waals surface area contributed by atoms with Gasteiger partial charge in [-0.25, -0.2) is 14.4 Å². The highest BCUT2D eigenvalue weighted by atomic mass is 35.5. The summed E-state index contributed by atoms with van der Waals surface area (Å²) in [6, 6.07) is 8.44. The van der Waals surface area contributed by atoms with Crippen LogP contribution >= 0.6 is 11.6 Å². The van der Waals surface area contributed by atoms with Crippen LogP contribution in [0.15, 0.2) is 48.9 Å². The molecule has 0 spiro atoms. The Kier molecular flexibility index (Phi) is 5.61. The zero-order valence-corrected chi connectivity index (χ0v) is 15.7. The molecule has 5 nitrogen and oxygen atoms in total. The van der Waals surface area contributed by atoms with Crippen LogP contribution in [0.3, 0.4) is 0 Å². The highest BCUT2D eigenvalue weighted by Gasteiger charge is 2.30. The maximum absolute atomic E-state index is 13.1. The highest BCUT2D eigenvalue weighted by molar-refractivity contribution is 6.28. The third-order valence-corrected chi connectivity index (χ3v) is 4.79. The van der Waals surface area contributed by atoms with Crippen molar-refractivity contribution in [3.63, 3.8) is 0 Å². The molecule has 7 heteroatoms. The van der Waals surface area contributed by atoms with E-state index in [9.17, 15) is 4.39 Å². The molecule has 3 rings (SSSR count). The summed E-state index contributed by atoms with van der Waals surface area (Å²) < 4.78 is 13.1. The molecule has 1 aliphatic heterocycles. The van der Waals surface area contributed by atoms with Crippen molar-refractivity contribution in [1.29, 1.82) is 0 Å². The number of benzene rings is 1. The van der Waals surface area contributed by atoms with Crippen LogP contribution in [-0.4, -0.2) is 40.5 Å². The van der Waals surface area contributed by atoms with Gasteiger partial charge in [0.1, 0.15) is 11.6 Å². The van der Waals surface area contributed by atoms with Crippen LogP contribution in [0.1, 0.15) is 13.8 Å². The summed E-state index contributed by atoms with van der Waals surface area (Å²) in [6.07, 6.45) is 1.68. The number of hydrogen-bond acceptors (Lipinski definition) is 5. The van der Waals surface area contributed by atoms with E-state index in [4.69, 9.17) is 11.6 Å². The number of nitrogens with zero attached hydrogens (tertiary/aromatic N) is 4. The SMILES string of the molecule is C=C(Nc1ccc(F)cc1)N1CCN(c2ccnc(Cl)n2)CC1C(C)C. The van der Waals surface area contributed by atoms with Crippen molar-refractivity contribution in [2.24, 2.45) is 5.92 Å². The van der Waals surface area contributed by atoms with Gasteiger partial charge >= 0.3 is 0 Å². The molecule has 26 heavy (non-hydrogen) atoms. The van der Waals surface area contributed by atoms with Gasteiger partial charge in [-0.05, 0) is 47.9 Å². The van der Waals surface area contributed by atoms with Crippen LogP contribution in [-0.2, 0) is 0 Å². The van der Waals surface area contributed by atoms with Gasteiger partial charge in [0.05, 0.1) is 11.9 Å². The number of halogens is 2. The second-order valence-corrected chi connectivity index (χ2v) is 7.05. The number of hydrogen-bond donors (Lipinski definition) is 1. The van der Waals surface area contributed by atoms with E-state index in [1.54, 1.807) is 18.3 Å². The van der Waals surface area contributed by atoms with E-state index < -0.39 is 0 Å². The molecule has 0 saturated carbocycles. The molecule has 0 aliphatic carbocycles. The minimum absolute atomic E-state index is 0.252. The van der Waals surface area contributed by atoms with Crippen molar-refractivity contribution in [2.75, 3.05) is 29.9 Å². The van der Waals surface area contributed by atoms with Crippen molar-refractivity contribution in [3.05, 3.63) is 60.0 Å². The Labute approximate surface area is 158 Å². The lowest BCUT2D eigenvalue weighted by molar-refractivity contribution is 0.183. The van der Waals surface area contributed by atoms with Gasteiger partial charge < -0.3 is 15.1 Å². The van der Waals surface area contributed by atoms with E-state index in [1.165, 1.54) is 12.1 Å². The zero-order chi connectivity index (χ0) is 18.7. The topological polar surface area (TPSA) is 44.3 Å². The van der Waals surface area contributed by atoms with Gasteiger partial charge in [0.2, 0.25) is 5.28 Å². The monoisotopic (exact) mass is 375 g/mol. The van der Waals surface area contributed by atoms with Gasteiger partial charge in [-0.15, -0.1) is 0 Å². The Morgan fingerprint density at radius 2 is 2.00 bits per heavy atom. The summed E-state index contributed by atoms with van der Waals surface area (Å²) >= 11 is 5.93. The average molecular weight is 376 g/mol. The fraction of sp³-hybridized carbons (Fsp3) is 0.368. The number of anilines is 2. The van der Waals surface area contributed by atoms with E-state index in [-0.39, 0.29) is 17.1 Å². The van der Waals surface area contributed by atoms with Gasteiger partial charge in [-0.2, -0.15) is 0 Å². The van der Waals surface area contributed by atoms with E-state index in [2.05, 4.69) is 45.5 Å². The van der Waals surface area contributed by atoms with Gasteiger partial charge in [-0.3, -0.25) is 0 Å². The Bertz CT molecular complexity index is 765. The predicted molar refractivity (Wildman–Crippen MR) is 104 cm³/mol. The minimum Gasteiger partial charge on any atom is -0.353 e. The van der Waals surface area contributed by atoms with Crippen molar-refractivity contribution in [3.8, 4) is 0 Å². The molecule has 1 aromatic heterocycles. The summed E-state index contributed by atoms with van der Waals surface area (Å²) in [4.78, 5) is 12.8. The lowest BCUT2D eigenvalue weighted by Gasteiger charge is -2.45. The standard InChI is InChI=1S/C19H23ClFN5/c1-13(2)17-12-25(18-8-9-22-19(20)24-18)10-11-26(17)14(3)23-16-6-4-15(21)5-7-16/h4-9,13,17,23H,3,10-12H2,1-2H3. The highest BCUT2D eigenvalue weighted by Crippen LogP contribution is 2.25. The predicted octanol–water partition coefficient (Wildman–Crippen LogP) is 4.00. The summed E-state index contributed by atoms with van der Waals surface area (Å²) in [5, 5.41) is 3.54. The molecule has 1 aromatic carbocycles. The van der Waals surface area contributed by atoms with Gasteiger partial charge in [0, 0.05) is 31.5 Å². The van der Waals surface area contributed by atoms with Crippen LogP contribution < -0.4 is 10.2 Å². The lowest BCUT2D eigenvalue weighted by Crippen LogP contribution is -2.55. The first kappa shape index (κ1) is 18.5. The Hall–Kier alpha value is -2.34. The molecular weight excluding hydrogens is 353 g/mol. The molecular formula is C19H23ClFN5. The first-order valence-corrected chi connectivity index (χ1v) is 9.03. The fourth-order valence-electron chi connectivity index (χ4n) is 3.20. The second-order valence-electron chi connectivity index (χ2n) is 6.71. The van der Waals surface area contributed by atoms with Crippen molar-refractivity contribution in [2.45, 2.75) is 19.9 Å². The molecule has 2 heterocycles.